The van der Waals surface area contributed by atoms with Crippen LogP contribution in [0.25, 0.3) is 0 Å². The van der Waals surface area contributed by atoms with E-state index in [1.54, 1.807) is 6.26 Å². The molecule has 0 saturated heterocycles. The molecule has 1 aromatic rings. The number of carboxylic acids is 1. The molecule has 0 amide bonds. The quantitative estimate of drug-likeness (QED) is 0.731. The largest absolute Gasteiger partial charge is 0.479 e. The fourth-order valence-electron chi connectivity index (χ4n) is 0.766. The SMILES string of the molecule is COc1nnc(SC)cc1C(=O)O. The van der Waals surface area contributed by atoms with Crippen molar-refractivity contribution in [3.63, 3.8) is 0 Å². The van der Waals surface area contributed by atoms with E-state index in [0.29, 0.717) is 5.03 Å². The number of aromatic carboxylic acids is 1. The van der Waals surface area contributed by atoms with Crippen LogP contribution in [0.2, 0.25) is 0 Å². The van der Waals surface area contributed by atoms with Crippen LogP contribution in [-0.4, -0.2) is 34.6 Å². The van der Waals surface area contributed by atoms with E-state index in [-0.39, 0.29) is 11.4 Å². The summed E-state index contributed by atoms with van der Waals surface area (Å²) in [6.07, 6.45) is 1.79. The van der Waals surface area contributed by atoms with Crippen LogP contribution in [0, 0.1) is 0 Å². The fraction of sp³-hybridized carbons (Fsp3) is 0.286. The van der Waals surface area contributed by atoms with Gasteiger partial charge in [-0.25, -0.2) is 4.79 Å². The molecule has 0 atom stereocenters. The standard InChI is InChI=1S/C7H8N2O3S/c1-12-6-4(7(10)11)3-5(13-2)8-9-6/h3H,1-2H3,(H,10,11). The summed E-state index contributed by atoms with van der Waals surface area (Å²) in [6.45, 7) is 0. The molecule has 13 heavy (non-hydrogen) atoms. The van der Waals surface area contributed by atoms with Crippen molar-refractivity contribution in [3.05, 3.63) is 11.6 Å². The molecule has 0 radical (unpaired) electrons. The Labute approximate surface area is 79.1 Å². The molecular weight excluding hydrogens is 192 g/mol. The molecule has 0 aliphatic carbocycles. The van der Waals surface area contributed by atoms with Gasteiger partial charge < -0.3 is 9.84 Å². The van der Waals surface area contributed by atoms with Crippen molar-refractivity contribution in [2.24, 2.45) is 0 Å². The number of hydrogen-bond donors (Lipinski definition) is 1. The molecule has 5 nitrogen and oxygen atoms in total. The Hall–Kier alpha value is -1.30. The summed E-state index contributed by atoms with van der Waals surface area (Å²) in [7, 11) is 1.36. The predicted octanol–water partition coefficient (Wildman–Crippen LogP) is 0.905. The minimum absolute atomic E-state index is 0.0295. The van der Waals surface area contributed by atoms with Crippen molar-refractivity contribution in [1.29, 1.82) is 0 Å². The fourth-order valence-corrected chi connectivity index (χ4v) is 1.12. The molecule has 0 fully saturated rings. The molecular formula is C7H8N2O3S. The Balaban J connectivity index is 3.18. The third-order valence-electron chi connectivity index (χ3n) is 1.37. The molecule has 0 unspecified atom stereocenters. The molecule has 0 aliphatic heterocycles. The second-order valence-corrected chi connectivity index (χ2v) is 2.94. The minimum atomic E-state index is -1.07. The topological polar surface area (TPSA) is 72.3 Å². The number of thioether (sulfide) groups is 1. The maximum atomic E-state index is 10.7. The molecule has 1 N–H and O–H groups in total. The van der Waals surface area contributed by atoms with E-state index in [2.05, 4.69) is 10.2 Å². The molecule has 0 aliphatic rings. The van der Waals surface area contributed by atoms with Crippen molar-refractivity contribution in [3.8, 4) is 5.88 Å². The second kappa shape index (κ2) is 4.08. The second-order valence-electron chi connectivity index (χ2n) is 2.11. The highest BCUT2D eigenvalue weighted by Gasteiger charge is 2.13. The highest BCUT2D eigenvalue weighted by molar-refractivity contribution is 7.98. The van der Waals surface area contributed by atoms with E-state index < -0.39 is 5.97 Å². The van der Waals surface area contributed by atoms with Crippen molar-refractivity contribution in [2.45, 2.75) is 5.03 Å². The molecule has 0 spiro atoms. The molecule has 6 heteroatoms. The molecule has 0 bridgehead atoms. The highest BCUT2D eigenvalue weighted by Crippen LogP contribution is 2.18. The monoisotopic (exact) mass is 200 g/mol. The average molecular weight is 200 g/mol. The van der Waals surface area contributed by atoms with Gasteiger partial charge in [-0.1, -0.05) is 0 Å². The molecule has 1 rings (SSSR count). The van der Waals surface area contributed by atoms with Crippen LogP contribution in [0.15, 0.2) is 11.1 Å². The van der Waals surface area contributed by atoms with E-state index >= 15 is 0 Å². The zero-order chi connectivity index (χ0) is 9.84. The molecule has 0 aromatic carbocycles. The molecule has 1 aromatic heterocycles. The van der Waals surface area contributed by atoms with Gasteiger partial charge in [0.05, 0.1) is 7.11 Å². The van der Waals surface area contributed by atoms with Crippen LogP contribution in [0.3, 0.4) is 0 Å². The Kier molecular flexibility index (Phi) is 3.07. The van der Waals surface area contributed by atoms with Gasteiger partial charge in [0.1, 0.15) is 10.6 Å². The Morgan fingerprint density at radius 1 is 1.62 bits per heavy atom. The van der Waals surface area contributed by atoms with Crippen molar-refractivity contribution in [2.75, 3.05) is 13.4 Å². The van der Waals surface area contributed by atoms with Gasteiger partial charge in [-0.15, -0.1) is 22.0 Å². The summed E-state index contributed by atoms with van der Waals surface area (Å²) in [6, 6.07) is 1.43. The maximum absolute atomic E-state index is 10.7. The summed E-state index contributed by atoms with van der Waals surface area (Å²) >= 11 is 1.33. The van der Waals surface area contributed by atoms with Gasteiger partial charge in [0.15, 0.2) is 0 Å². The lowest BCUT2D eigenvalue weighted by Gasteiger charge is -2.02. The van der Waals surface area contributed by atoms with E-state index in [0.717, 1.165) is 0 Å². The number of carboxylic acid groups (broad SMARTS) is 1. The molecule has 70 valence electrons. The first-order chi connectivity index (χ1) is 6.19. The van der Waals surface area contributed by atoms with Gasteiger partial charge in [0.2, 0.25) is 5.88 Å². The highest BCUT2D eigenvalue weighted by atomic mass is 32.2. The first-order valence-electron chi connectivity index (χ1n) is 3.38. The van der Waals surface area contributed by atoms with Crippen molar-refractivity contribution in [1.82, 2.24) is 10.2 Å². The number of methoxy groups -OCH3 is 1. The first kappa shape index (κ1) is 9.79. The number of hydrogen-bond acceptors (Lipinski definition) is 5. The van der Waals surface area contributed by atoms with Crippen LogP contribution < -0.4 is 4.74 Å². The predicted molar refractivity (Wildman–Crippen MR) is 47.3 cm³/mol. The lowest BCUT2D eigenvalue weighted by Crippen LogP contribution is -2.04. The van der Waals surface area contributed by atoms with Gasteiger partial charge in [-0.05, 0) is 12.3 Å². The Morgan fingerprint density at radius 3 is 2.77 bits per heavy atom. The first-order valence-corrected chi connectivity index (χ1v) is 4.60. The Morgan fingerprint density at radius 2 is 2.31 bits per heavy atom. The number of nitrogens with zero attached hydrogens (tertiary/aromatic N) is 2. The summed E-state index contributed by atoms with van der Waals surface area (Å²) in [5.74, 6) is -1.03. The third kappa shape index (κ3) is 2.09. The van der Waals surface area contributed by atoms with Crippen molar-refractivity contribution < 1.29 is 14.6 Å². The van der Waals surface area contributed by atoms with Gasteiger partial charge in [0, 0.05) is 0 Å². The zero-order valence-corrected chi connectivity index (χ0v) is 7.96. The Bertz CT molecular complexity index is 330. The third-order valence-corrected chi connectivity index (χ3v) is 1.99. The van der Waals surface area contributed by atoms with Crippen LogP contribution in [0.5, 0.6) is 5.88 Å². The van der Waals surface area contributed by atoms with Gasteiger partial charge in [-0.3, -0.25) is 0 Å². The molecule has 0 saturated carbocycles. The van der Waals surface area contributed by atoms with E-state index in [9.17, 15) is 4.79 Å². The zero-order valence-electron chi connectivity index (χ0n) is 7.14. The van der Waals surface area contributed by atoms with Crippen LogP contribution >= 0.6 is 11.8 Å². The van der Waals surface area contributed by atoms with E-state index in [1.807, 2.05) is 0 Å². The lowest BCUT2D eigenvalue weighted by atomic mass is 10.3. The van der Waals surface area contributed by atoms with E-state index in [1.165, 1.54) is 24.9 Å². The smallest absolute Gasteiger partial charge is 0.341 e. The average Bonchev–Trinajstić information content (AvgIpc) is 2.16. The van der Waals surface area contributed by atoms with Crippen molar-refractivity contribution >= 4 is 17.7 Å². The number of ether oxygens (including phenoxy) is 1. The molecule has 1 heterocycles. The van der Waals surface area contributed by atoms with Crippen LogP contribution in [-0.2, 0) is 0 Å². The normalized spacial score (nSPS) is 9.69. The lowest BCUT2D eigenvalue weighted by molar-refractivity contribution is 0.0691. The van der Waals surface area contributed by atoms with Gasteiger partial charge >= 0.3 is 5.97 Å². The van der Waals surface area contributed by atoms with Gasteiger partial charge in [-0.2, -0.15) is 0 Å². The van der Waals surface area contributed by atoms with Crippen LogP contribution in [0.4, 0.5) is 0 Å². The summed E-state index contributed by atoms with van der Waals surface area (Å²) < 4.78 is 4.74. The summed E-state index contributed by atoms with van der Waals surface area (Å²) in [5.41, 5.74) is 0.0295. The number of aromatic nitrogens is 2. The van der Waals surface area contributed by atoms with E-state index in [4.69, 9.17) is 9.84 Å². The van der Waals surface area contributed by atoms with Gasteiger partial charge in [0.25, 0.3) is 0 Å². The number of rotatable bonds is 3. The maximum Gasteiger partial charge on any atom is 0.341 e. The number of carbonyl (C=O) groups is 1. The summed E-state index contributed by atoms with van der Waals surface area (Å²) in [5, 5.41) is 16.7. The summed E-state index contributed by atoms with van der Waals surface area (Å²) in [4.78, 5) is 10.7. The van der Waals surface area contributed by atoms with Crippen LogP contribution in [0.1, 0.15) is 10.4 Å². The minimum Gasteiger partial charge on any atom is -0.479 e.